The van der Waals surface area contributed by atoms with Crippen LogP contribution >= 0.6 is 11.5 Å². The van der Waals surface area contributed by atoms with E-state index in [0.29, 0.717) is 5.69 Å². The van der Waals surface area contributed by atoms with Gasteiger partial charge in [0, 0.05) is 5.38 Å². The lowest BCUT2D eigenvalue weighted by molar-refractivity contribution is 1.13. The number of hydrogen-bond donors (Lipinski definition) is 0. The molecule has 0 bridgehead atoms. The van der Waals surface area contributed by atoms with Gasteiger partial charge in [-0.2, -0.15) is 0 Å². The first-order valence-corrected chi connectivity index (χ1v) is 2.51. The highest BCUT2D eigenvalue weighted by molar-refractivity contribution is 7.03. The van der Waals surface area contributed by atoms with Crippen LogP contribution in [0.1, 0.15) is 5.69 Å². The minimum Gasteiger partial charge on any atom is -0.129 e. The number of rotatable bonds is 0. The van der Waals surface area contributed by atoms with Crippen molar-refractivity contribution in [2.24, 2.45) is 0 Å². The predicted molar refractivity (Wildman–Crippen MR) is 27.8 cm³/mol. The first-order chi connectivity index (χ1) is 3.43. The van der Waals surface area contributed by atoms with Crippen molar-refractivity contribution in [2.75, 3.05) is 0 Å². The van der Waals surface area contributed by atoms with Gasteiger partial charge in [0.2, 0.25) is 0 Å². The van der Waals surface area contributed by atoms with E-state index >= 15 is 0 Å². The molecular weight excluding hydrogens is 108 g/mol. The molecule has 0 amide bonds. The molecule has 1 rings (SSSR count). The van der Waals surface area contributed by atoms with Crippen molar-refractivity contribution in [1.82, 2.24) is 9.59 Å². The van der Waals surface area contributed by atoms with Crippen molar-refractivity contribution < 1.29 is 0 Å². The molecule has 1 aromatic rings. The molecule has 0 aliphatic heterocycles. The third-order valence-electron chi connectivity index (χ3n) is 0.508. The SMILES string of the molecule is C#Cc1csnn1. The highest BCUT2D eigenvalue weighted by Crippen LogP contribution is 1.91. The Bertz CT molecular complexity index is 172. The molecule has 3 heteroatoms. The zero-order chi connectivity index (χ0) is 5.11. The minimum absolute atomic E-state index is 0.616. The summed E-state index contributed by atoms with van der Waals surface area (Å²) in [6.07, 6.45) is 4.95. The lowest BCUT2D eigenvalue weighted by Gasteiger charge is -1.62. The van der Waals surface area contributed by atoms with E-state index in [1.807, 2.05) is 0 Å². The molecule has 0 atom stereocenters. The summed E-state index contributed by atoms with van der Waals surface area (Å²) < 4.78 is 3.54. The van der Waals surface area contributed by atoms with Crippen molar-refractivity contribution in [3.05, 3.63) is 11.1 Å². The second-order valence-electron chi connectivity index (χ2n) is 0.934. The van der Waals surface area contributed by atoms with E-state index in [2.05, 4.69) is 15.5 Å². The van der Waals surface area contributed by atoms with Crippen LogP contribution < -0.4 is 0 Å². The Labute approximate surface area is 45.3 Å². The summed E-state index contributed by atoms with van der Waals surface area (Å²) in [7, 11) is 0. The Kier molecular flexibility index (Phi) is 1.05. The van der Waals surface area contributed by atoms with Crippen molar-refractivity contribution in [1.29, 1.82) is 0 Å². The number of hydrogen-bond acceptors (Lipinski definition) is 3. The van der Waals surface area contributed by atoms with Gasteiger partial charge >= 0.3 is 0 Å². The second-order valence-corrected chi connectivity index (χ2v) is 1.54. The van der Waals surface area contributed by atoms with E-state index in [-0.39, 0.29) is 0 Å². The van der Waals surface area contributed by atoms with E-state index in [1.54, 1.807) is 5.38 Å². The summed E-state index contributed by atoms with van der Waals surface area (Å²) >= 11 is 1.26. The molecule has 0 saturated heterocycles. The Balaban J connectivity index is 3.04. The molecule has 0 unspecified atom stereocenters. The fraction of sp³-hybridized carbons (Fsp3) is 0. The molecule has 1 aromatic heterocycles. The fourth-order valence-electron chi connectivity index (χ4n) is 0.228. The lowest BCUT2D eigenvalue weighted by Crippen LogP contribution is -1.68. The van der Waals surface area contributed by atoms with Crippen LogP contribution in [0.25, 0.3) is 0 Å². The summed E-state index contributed by atoms with van der Waals surface area (Å²) in [6.45, 7) is 0. The van der Waals surface area contributed by atoms with Gasteiger partial charge in [-0.1, -0.05) is 4.49 Å². The van der Waals surface area contributed by atoms with Gasteiger partial charge in [0.05, 0.1) is 0 Å². The average molecular weight is 110 g/mol. The van der Waals surface area contributed by atoms with E-state index < -0.39 is 0 Å². The largest absolute Gasteiger partial charge is 0.148 e. The number of nitrogens with zero attached hydrogens (tertiary/aromatic N) is 2. The van der Waals surface area contributed by atoms with Crippen molar-refractivity contribution >= 4 is 11.5 Å². The second kappa shape index (κ2) is 1.71. The third kappa shape index (κ3) is 0.756. The maximum Gasteiger partial charge on any atom is 0.148 e. The number of aromatic nitrogens is 2. The molecule has 0 saturated carbocycles. The van der Waals surface area contributed by atoms with Crippen molar-refractivity contribution in [3.8, 4) is 12.3 Å². The van der Waals surface area contributed by atoms with Crippen LogP contribution in [0.4, 0.5) is 0 Å². The molecule has 34 valence electrons. The molecule has 0 aliphatic rings. The smallest absolute Gasteiger partial charge is 0.129 e. The van der Waals surface area contributed by atoms with Gasteiger partial charge < -0.3 is 0 Å². The lowest BCUT2D eigenvalue weighted by atomic mass is 10.5. The van der Waals surface area contributed by atoms with Crippen LogP contribution in [0, 0.1) is 12.3 Å². The third-order valence-corrected chi connectivity index (χ3v) is 1.01. The molecule has 7 heavy (non-hydrogen) atoms. The van der Waals surface area contributed by atoms with Gasteiger partial charge in [0.1, 0.15) is 5.69 Å². The molecule has 2 nitrogen and oxygen atoms in total. The quantitative estimate of drug-likeness (QED) is 0.455. The zero-order valence-electron chi connectivity index (χ0n) is 3.46. The van der Waals surface area contributed by atoms with Crippen LogP contribution in [0.3, 0.4) is 0 Å². The monoisotopic (exact) mass is 110 g/mol. The molecule has 0 aliphatic carbocycles. The molecule has 0 N–H and O–H groups in total. The van der Waals surface area contributed by atoms with E-state index in [9.17, 15) is 0 Å². The van der Waals surface area contributed by atoms with Crippen LogP contribution in [0.15, 0.2) is 5.38 Å². The molecule has 0 radical (unpaired) electrons. The standard InChI is InChI=1S/C4H2N2S/c1-2-4-3-7-6-5-4/h1,3H. The topological polar surface area (TPSA) is 25.8 Å². The maximum absolute atomic E-state index is 4.95. The Morgan fingerprint density at radius 2 is 2.71 bits per heavy atom. The van der Waals surface area contributed by atoms with Crippen LogP contribution in [0.2, 0.25) is 0 Å². The summed E-state index contributed by atoms with van der Waals surface area (Å²) in [4.78, 5) is 0. The molecule has 0 aromatic carbocycles. The average Bonchev–Trinajstić information content (AvgIpc) is 2.14. The van der Waals surface area contributed by atoms with E-state index in [4.69, 9.17) is 6.42 Å². The number of terminal acetylenes is 1. The highest BCUT2D eigenvalue weighted by Gasteiger charge is 1.83. The normalized spacial score (nSPS) is 7.86. The van der Waals surface area contributed by atoms with Gasteiger partial charge in [-0.15, -0.1) is 11.5 Å². The van der Waals surface area contributed by atoms with E-state index in [1.165, 1.54) is 11.5 Å². The predicted octanol–water partition coefficient (Wildman–Crippen LogP) is 0.519. The first kappa shape index (κ1) is 4.28. The Morgan fingerprint density at radius 1 is 1.86 bits per heavy atom. The van der Waals surface area contributed by atoms with Gasteiger partial charge in [0.15, 0.2) is 0 Å². The summed E-state index contributed by atoms with van der Waals surface area (Å²) in [5, 5.41) is 5.29. The first-order valence-electron chi connectivity index (χ1n) is 1.67. The highest BCUT2D eigenvalue weighted by atomic mass is 32.1. The Hall–Kier alpha value is -0.880. The van der Waals surface area contributed by atoms with Crippen LogP contribution in [-0.2, 0) is 0 Å². The Morgan fingerprint density at radius 3 is 3.00 bits per heavy atom. The fourth-order valence-corrected chi connectivity index (χ4v) is 0.625. The van der Waals surface area contributed by atoms with Gasteiger partial charge in [-0.05, 0) is 17.5 Å². The van der Waals surface area contributed by atoms with Gasteiger partial charge in [0.25, 0.3) is 0 Å². The zero-order valence-corrected chi connectivity index (χ0v) is 4.27. The van der Waals surface area contributed by atoms with E-state index in [0.717, 1.165) is 0 Å². The van der Waals surface area contributed by atoms with Crippen molar-refractivity contribution in [2.45, 2.75) is 0 Å². The van der Waals surface area contributed by atoms with Gasteiger partial charge in [-0.3, -0.25) is 0 Å². The van der Waals surface area contributed by atoms with Crippen LogP contribution in [-0.4, -0.2) is 9.59 Å². The molecule has 0 fully saturated rings. The summed E-state index contributed by atoms with van der Waals surface area (Å²) in [6, 6.07) is 0. The van der Waals surface area contributed by atoms with Crippen LogP contribution in [0.5, 0.6) is 0 Å². The molecule has 1 heterocycles. The molecular formula is C4H2N2S. The molecule has 0 spiro atoms. The van der Waals surface area contributed by atoms with Crippen molar-refractivity contribution in [3.63, 3.8) is 0 Å². The van der Waals surface area contributed by atoms with Gasteiger partial charge in [-0.25, -0.2) is 0 Å². The summed E-state index contributed by atoms with van der Waals surface area (Å²) in [5.74, 6) is 2.34. The summed E-state index contributed by atoms with van der Waals surface area (Å²) in [5.41, 5.74) is 0.616. The minimum atomic E-state index is 0.616. The maximum atomic E-state index is 4.95.